The number of rotatable bonds is 6. The Kier molecular flexibility index (Phi) is 8.40. The molecule has 302 valence electrons. The van der Waals surface area contributed by atoms with Gasteiger partial charge < -0.3 is 0 Å². The first-order valence-electron chi connectivity index (χ1n) is 22.1. The van der Waals surface area contributed by atoms with Crippen LogP contribution in [0, 0.1) is 0 Å². The van der Waals surface area contributed by atoms with Crippen molar-refractivity contribution in [1.82, 2.24) is 19.9 Å². The first-order valence-corrected chi connectivity index (χ1v) is 22.1. The lowest BCUT2D eigenvalue weighted by Crippen LogP contribution is -2.26. The van der Waals surface area contributed by atoms with Crippen molar-refractivity contribution < 1.29 is 0 Å². The van der Waals surface area contributed by atoms with Crippen molar-refractivity contribution >= 4 is 10.9 Å². The average molecular weight is 827 g/mol. The fourth-order valence-corrected chi connectivity index (χ4v) is 10.5. The summed E-state index contributed by atoms with van der Waals surface area (Å²) in [4.78, 5) is 21.1. The maximum atomic E-state index is 5.52. The van der Waals surface area contributed by atoms with Gasteiger partial charge in [0.05, 0.1) is 16.6 Å². The first kappa shape index (κ1) is 37.0. The average Bonchev–Trinajstić information content (AvgIpc) is 3.87. The number of hydrogen-bond acceptors (Lipinski definition) is 4. The Morgan fingerprint density at radius 3 is 1.26 bits per heavy atom. The van der Waals surface area contributed by atoms with E-state index in [9.17, 15) is 0 Å². The second-order valence-corrected chi connectivity index (χ2v) is 16.9. The van der Waals surface area contributed by atoms with Crippen LogP contribution in [0.25, 0.3) is 101 Å². The topological polar surface area (TPSA) is 51.6 Å². The SMILES string of the molecule is c1ccc(-c2cccc(-c3nc(-c4ccc(-c5nc6ccccc6c6c5-c5ccccc5C65c6ccccc6-c6ccccc65)cc4)nc(-c4cccc(-c5ccccc5)c4)n3)c2)cc1. The van der Waals surface area contributed by atoms with Gasteiger partial charge in [-0.05, 0) is 79.4 Å². The van der Waals surface area contributed by atoms with Crippen LogP contribution in [0.15, 0.2) is 231 Å². The van der Waals surface area contributed by atoms with Gasteiger partial charge in [0.15, 0.2) is 17.5 Å². The lowest BCUT2D eigenvalue weighted by molar-refractivity contribution is 0.801. The number of hydrogen-bond donors (Lipinski definition) is 0. The molecule has 0 aliphatic heterocycles. The van der Waals surface area contributed by atoms with Crippen LogP contribution in [0.5, 0.6) is 0 Å². The van der Waals surface area contributed by atoms with Crippen LogP contribution in [-0.4, -0.2) is 19.9 Å². The van der Waals surface area contributed by atoms with E-state index in [0.717, 1.165) is 55.7 Å². The van der Waals surface area contributed by atoms with Crippen molar-refractivity contribution in [1.29, 1.82) is 0 Å². The normalized spacial score (nSPS) is 12.7. The second kappa shape index (κ2) is 14.8. The molecule has 2 aliphatic carbocycles. The zero-order valence-electron chi connectivity index (χ0n) is 35.2. The molecule has 0 unspecified atom stereocenters. The molecule has 1 spiro atoms. The van der Waals surface area contributed by atoms with Gasteiger partial charge in [0.1, 0.15) is 0 Å². The van der Waals surface area contributed by atoms with Crippen molar-refractivity contribution in [2.24, 2.45) is 0 Å². The highest BCUT2D eigenvalue weighted by Crippen LogP contribution is 2.65. The van der Waals surface area contributed by atoms with Crippen molar-refractivity contribution in [3.63, 3.8) is 0 Å². The van der Waals surface area contributed by atoms with Crippen LogP contribution in [0.1, 0.15) is 22.3 Å². The largest absolute Gasteiger partial charge is 0.247 e. The van der Waals surface area contributed by atoms with E-state index >= 15 is 0 Å². The van der Waals surface area contributed by atoms with Crippen LogP contribution in [-0.2, 0) is 5.41 Å². The summed E-state index contributed by atoms with van der Waals surface area (Å²) in [6, 6.07) is 82.0. The minimum absolute atomic E-state index is 0.496. The predicted molar refractivity (Wildman–Crippen MR) is 264 cm³/mol. The van der Waals surface area contributed by atoms with Crippen LogP contribution < -0.4 is 0 Å². The Balaban J connectivity index is 0.988. The fraction of sp³-hybridized carbons (Fsp3) is 0.0164. The summed E-state index contributed by atoms with van der Waals surface area (Å²) >= 11 is 0. The summed E-state index contributed by atoms with van der Waals surface area (Å²) in [5.74, 6) is 1.84. The molecular weight excluding hydrogens is 789 g/mol. The summed E-state index contributed by atoms with van der Waals surface area (Å²) in [6.45, 7) is 0. The molecule has 4 nitrogen and oxygen atoms in total. The monoisotopic (exact) mass is 826 g/mol. The molecule has 0 N–H and O–H groups in total. The third-order valence-electron chi connectivity index (χ3n) is 13.3. The highest BCUT2D eigenvalue weighted by atomic mass is 15.0. The molecule has 65 heavy (non-hydrogen) atoms. The van der Waals surface area contributed by atoms with E-state index in [1.165, 1.54) is 49.9 Å². The molecule has 0 bridgehead atoms. The Bertz CT molecular complexity index is 3510. The van der Waals surface area contributed by atoms with Crippen LogP contribution in [0.4, 0.5) is 0 Å². The zero-order valence-corrected chi connectivity index (χ0v) is 35.2. The highest BCUT2D eigenvalue weighted by Gasteiger charge is 2.53. The van der Waals surface area contributed by atoms with Gasteiger partial charge in [-0.2, -0.15) is 0 Å². The quantitative estimate of drug-likeness (QED) is 0.168. The molecule has 0 fully saturated rings. The maximum absolute atomic E-state index is 5.52. The number of para-hydroxylation sites is 1. The van der Waals surface area contributed by atoms with E-state index in [2.05, 4.69) is 218 Å². The number of benzene rings is 9. The van der Waals surface area contributed by atoms with Crippen LogP contribution >= 0.6 is 0 Å². The molecule has 9 aromatic carbocycles. The standard InChI is InChI=1S/C61H38N4/c1-3-17-39(18-4-1)43-21-15-23-45(37-43)59-63-58(64-60(65-59)46-24-16-22-44(38-46)40-19-5-2-6-20-40)42-35-33-41(34-36-42)57-55-49-27-9-13-31-53(49)61(56(55)50-28-10-14-32-54(50)62-57)51-29-11-7-25-47(51)48-26-8-12-30-52(48)61/h1-38H. The number of nitrogens with zero attached hydrogens (tertiary/aromatic N) is 4. The summed E-state index contributed by atoms with van der Waals surface area (Å²) in [5, 5.41) is 1.17. The van der Waals surface area contributed by atoms with E-state index < -0.39 is 5.41 Å². The fourth-order valence-electron chi connectivity index (χ4n) is 10.5. The number of fused-ring (bicyclic) bond motifs is 12. The van der Waals surface area contributed by atoms with Crippen molar-refractivity contribution in [3.8, 4) is 89.9 Å². The van der Waals surface area contributed by atoms with Crippen molar-refractivity contribution in [2.75, 3.05) is 0 Å². The van der Waals surface area contributed by atoms with Gasteiger partial charge >= 0.3 is 0 Å². The van der Waals surface area contributed by atoms with E-state index in [-0.39, 0.29) is 0 Å². The number of aromatic nitrogens is 4. The van der Waals surface area contributed by atoms with Gasteiger partial charge in [0.25, 0.3) is 0 Å². The summed E-state index contributed by atoms with van der Waals surface area (Å²) in [7, 11) is 0. The van der Waals surface area contributed by atoms with Gasteiger partial charge in [0, 0.05) is 33.2 Å². The van der Waals surface area contributed by atoms with Gasteiger partial charge in [-0.25, -0.2) is 19.9 Å². The smallest absolute Gasteiger partial charge is 0.164 e. The molecule has 13 rings (SSSR count). The lowest BCUT2D eigenvalue weighted by atomic mass is 9.69. The molecule has 2 heterocycles. The molecule has 0 saturated carbocycles. The summed E-state index contributed by atoms with van der Waals surface area (Å²) in [5.41, 5.74) is 19.9. The second-order valence-electron chi connectivity index (χ2n) is 16.9. The molecule has 0 amide bonds. The van der Waals surface area contributed by atoms with E-state index in [1.54, 1.807) is 0 Å². The van der Waals surface area contributed by atoms with Gasteiger partial charge in [-0.3, -0.25) is 0 Å². The van der Waals surface area contributed by atoms with E-state index in [0.29, 0.717) is 17.5 Å². The Labute approximate surface area is 377 Å². The summed E-state index contributed by atoms with van der Waals surface area (Å²) in [6.07, 6.45) is 0. The number of pyridine rings is 1. The lowest BCUT2D eigenvalue weighted by Gasteiger charge is -2.31. The Morgan fingerprint density at radius 1 is 0.277 bits per heavy atom. The van der Waals surface area contributed by atoms with Crippen molar-refractivity contribution in [3.05, 3.63) is 253 Å². The van der Waals surface area contributed by atoms with Gasteiger partial charge in [-0.15, -0.1) is 0 Å². The van der Waals surface area contributed by atoms with E-state index in [4.69, 9.17) is 19.9 Å². The molecule has 11 aromatic rings. The predicted octanol–water partition coefficient (Wildman–Crippen LogP) is 14.8. The minimum Gasteiger partial charge on any atom is -0.247 e. The maximum Gasteiger partial charge on any atom is 0.164 e. The van der Waals surface area contributed by atoms with Gasteiger partial charge in [-0.1, -0.05) is 212 Å². The molecule has 0 saturated heterocycles. The van der Waals surface area contributed by atoms with Gasteiger partial charge in [0.2, 0.25) is 0 Å². The zero-order chi connectivity index (χ0) is 42.9. The Hall–Kier alpha value is -8.60. The third kappa shape index (κ3) is 5.77. The Morgan fingerprint density at radius 2 is 0.692 bits per heavy atom. The molecule has 4 heteroatoms. The first-order chi connectivity index (χ1) is 32.2. The molecular formula is C61H38N4. The molecule has 0 radical (unpaired) electrons. The summed E-state index contributed by atoms with van der Waals surface area (Å²) < 4.78 is 0. The minimum atomic E-state index is -0.496. The molecule has 2 aliphatic rings. The van der Waals surface area contributed by atoms with Crippen LogP contribution in [0.3, 0.4) is 0 Å². The third-order valence-corrected chi connectivity index (χ3v) is 13.3. The van der Waals surface area contributed by atoms with Crippen LogP contribution in [0.2, 0.25) is 0 Å². The molecule has 0 atom stereocenters. The molecule has 2 aromatic heterocycles. The van der Waals surface area contributed by atoms with Crippen molar-refractivity contribution in [2.45, 2.75) is 5.41 Å². The van der Waals surface area contributed by atoms with E-state index in [1.807, 2.05) is 12.1 Å². The highest BCUT2D eigenvalue weighted by molar-refractivity contribution is 6.06.